The maximum atomic E-state index is 13.9. The monoisotopic (exact) mass is 664 g/mol. The summed E-state index contributed by atoms with van der Waals surface area (Å²) in [7, 11) is 0. The summed E-state index contributed by atoms with van der Waals surface area (Å²) in [6.45, 7) is 3.30. The Bertz CT molecular complexity index is 1400. The Hall–Kier alpha value is -3.98. The van der Waals surface area contributed by atoms with Crippen molar-refractivity contribution in [3.63, 3.8) is 0 Å². The highest BCUT2D eigenvalue weighted by Crippen LogP contribution is 2.29. The molecule has 2 aromatic rings. The van der Waals surface area contributed by atoms with E-state index in [1.807, 2.05) is 24.3 Å². The highest BCUT2D eigenvalue weighted by Gasteiger charge is 2.39. The van der Waals surface area contributed by atoms with Gasteiger partial charge in [0.15, 0.2) is 0 Å². The first-order valence-corrected chi connectivity index (χ1v) is 16.0. The molecule has 258 valence electrons. The maximum absolute atomic E-state index is 13.9. The van der Waals surface area contributed by atoms with E-state index in [2.05, 4.69) is 15.6 Å². The third-order valence-corrected chi connectivity index (χ3v) is 8.86. The molecule has 0 bridgehead atoms. The zero-order valence-corrected chi connectivity index (χ0v) is 26.3. The number of carboxylic acid groups (broad SMARTS) is 1. The minimum atomic E-state index is -5.08. The zero-order valence-electron chi connectivity index (χ0n) is 26.3. The number of fused-ring (bicyclic) bond motifs is 1. The number of benzene rings is 1. The number of aromatic nitrogens is 1. The molecule has 12 nitrogen and oxygen atoms in total. The fourth-order valence-electron chi connectivity index (χ4n) is 6.33. The number of pyridine rings is 1. The molecule has 2 atom stereocenters. The fraction of sp³-hybridized carbons (Fsp3) is 0.594. The minimum absolute atomic E-state index is 0.00613. The van der Waals surface area contributed by atoms with Crippen molar-refractivity contribution in [3.8, 4) is 0 Å². The Morgan fingerprint density at radius 1 is 1.02 bits per heavy atom. The van der Waals surface area contributed by atoms with Gasteiger partial charge in [0.05, 0.1) is 25.8 Å². The van der Waals surface area contributed by atoms with Crippen molar-refractivity contribution in [1.82, 2.24) is 25.4 Å². The van der Waals surface area contributed by atoms with Gasteiger partial charge in [0, 0.05) is 37.8 Å². The van der Waals surface area contributed by atoms with Gasteiger partial charge in [-0.1, -0.05) is 44.2 Å². The van der Waals surface area contributed by atoms with Crippen LogP contribution >= 0.6 is 0 Å². The van der Waals surface area contributed by atoms with Gasteiger partial charge in [-0.05, 0) is 48.3 Å². The molecule has 3 amide bonds. The summed E-state index contributed by atoms with van der Waals surface area (Å²) in [5.41, 5.74) is 6.92. The van der Waals surface area contributed by atoms with Crippen LogP contribution in [0.2, 0.25) is 0 Å². The number of hydrogen-bond acceptors (Lipinski definition) is 8. The first-order chi connectivity index (χ1) is 22.4. The Morgan fingerprint density at radius 2 is 1.72 bits per heavy atom. The zero-order chi connectivity index (χ0) is 34.0. The molecular formula is C32H43F3N6O6. The normalized spacial score (nSPS) is 19.5. The number of halogens is 3. The highest BCUT2D eigenvalue weighted by molar-refractivity contribution is 5.92. The van der Waals surface area contributed by atoms with Crippen LogP contribution in [0.5, 0.6) is 0 Å². The number of aliphatic carboxylic acids is 1. The number of rotatable bonds is 9. The highest BCUT2D eigenvalue weighted by atomic mass is 19.4. The van der Waals surface area contributed by atoms with Crippen molar-refractivity contribution < 1.29 is 42.2 Å². The van der Waals surface area contributed by atoms with Gasteiger partial charge in [-0.3, -0.25) is 19.7 Å². The number of carboxylic acids is 1. The lowest BCUT2D eigenvalue weighted by molar-refractivity contribution is -0.192. The number of ether oxygens (including phenoxy) is 1. The number of carbonyl (C=O) groups excluding carboxylic acids is 3. The van der Waals surface area contributed by atoms with Crippen LogP contribution in [0.1, 0.15) is 56.9 Å². The number of nitrogen functional groups attached to an aromatic ring is 1. The van der Waals surface area contributed by atoms with Gasteiger partial charge in [-0.2, -0.15) is 13.2 Å². The number of nitrogens with one attached hydrogen (secondary N) is 2. The molecule has 1 aromatic carbocycles. The molecule has 3 heterocycles. The van der Waals surface area contributed by atoms with Crippen LogP contribution in [-0.4, -0.2) is 101 Å². The Morgan fingerprint density at radius 3 is 2.40 bits per heavy atom. The van der Waals surface area contributed by atoms with Crippen molar-refractivity contribution >= 4 is 40.3 Å². The quantitative estimate of drug-likeness (QED) is 0.315. The van der Waals surface area contributed by atoms with Crippen LogP contribution in [0.4, 0.5) is 19.0 Å². The molecule has 1 aromatic heterocycles. The third kappa shape index (κ3) is 10.3. The number of carbonyl (C=O) groups is 4. The summed E-state index contributed by atoms with van der Waals surface area (Å²) in [6, 6.07) is 6.79. The van der Waals surface area contributed by atoms with Crippen molar-refractivity contribution in [1.29, 1.82) is 0 Å². The van der Waals surface area contributed by atoms with E-state index in [0.29, 0.717) is 64.0 Å². The molecular weight excluding hydrogens is 621 g/mol. The average Bonchev–Trinajstić information content (AvgIpc) is 3.56. The van der Waals surface area contributed by atoms with E-state index in [1.54, 1.807) is 16.0 Å². The molecule has 47 heavy (non-hydrogen) atoms. The molecule has 5 N–H and O–H groups in total. The van der Waals surface area contributed by atoms with E-state index in [-0.39, 0.29) is 24.3 Å². The number of amides is 3. The van der Waals surface area contributed by atoms with Crippen LogP contribution in [0.15, 0.2) is 30.5 Å². The first-order valence-electron chi connectivity index (χ1n) is 16.0. The van der Waals surface area contributed by atoms with Gasteiger partial charge < -0.3 is 30.7 Å². The maximum Gasteiger partial charge on any atom is 0.490 e. The van der Waals surface area contributed by atoms with Crippen molar-refractivity contribution in [2.45, 2.75) is 76.2 Å². The summed E-state index contributed by atoms with van der Waals surface area (Å²) in [5.74, 6) is -2.02. The summed E-state index contributed by atoms with van der Waals surface area (Å²) in [6.07, 6.45) is 4.56. The number of morpholine rings is 1. The van der Waals surface area contributed by atoms with Crippen LogP contribution in [0.3, 0.4) is 0 Å². The number of nitrogens with two attached hydrogens (primary N) is 1. The van der Waals surface area contributed by atoms with E-state index < -0.39 is 24.2 Å². The number of hydrogen-bond donors (Lipinski definition) is 4. The summed E-state index contributed by atoms with van der Waals surface area (Å²) in [5, 5.41) is 15.3. The molecule has 0 unspecified atom stereocenters. The largest absolute Gasteiger partial charge is 0.490 e. The Labute approximate surface area is 271 Å². The summed E-state index contributed by atoms with van der Waals surface area (Å²) < 4.78 is 37.1. The van der Waals surface area contributed by atoms with E-state index in [4.69, 9.17) is 20.4 Å². The molecule has 0 spiro atoms. The molecule has 5 rings (SSSR count). The molecule has 1 aliphatic carbocycles. The standard InChI is InChI=1S/C30H42N6O4.C2HF3O2/c31-28-24-9-8-22(17-23(24)10-11-32-28)19-34-29(38)26-7-4-12-36(26)30(39)25(18-21-5-2-1-3-6-21)33-20-27(37)35-13-15-40-16-14-35;3-2(4,5)1(6)7/h8-11,17,21,25-26,33H,1-7,12-16,18-20H2,(H2,31,32)(H,34,38);(H,6,7)/t25-,26+;/m1./s1. The van der Waals surface area contributed by atoms with Gasteiger partial charge in [0.1, 0.15) is 11.9 Å². The Balaban J connectivity index is 0.000000644. The number of likely N-dealkylation sites (tertiary alicyclic amines) is 1. The van der Waals surface area contributed by atoms with E-state index in [0.717, 1.165) is 35.6 Å². The van der Waals surface area contributed by atoms with Gasteiger partial charge >= 0.3 is 12.1 Å². The van der Waals surface area contributed by atoms with E-state index >= 15 is 0 Å². The van der Waals surface area contributed by atoms with Gasteiger partial charge in [-0.25, -0.2) is 9.78 Å². The van der Waals surface area contributed by atoms with Gasteiger partial charge in [0.2, 0.25) is 17.7 Å². The predicted octanol–water partition coefficient (Wildman–Crippen LogP) is 2.84. The number of anilines is 1. The predicted molar refractivity (Wildman–Crippen MR) is 167 cm³/mol. The van der Waals surface area contributed by atoms with Crippen molar-refractivity contribution in [2.24, 2.45) is 5.92 Å². The topological polar surface area (TPSA) is 167 Å². The molecule has 3 aliphatic rings. The SMILES string of the molecule is Nc1nccc2cc(CNC(=O)[C@@H]3CCCN3C(=O)[C@@H](CC3CCCCC3)NCC(=O)N3CCOCC3)ccc12.O=C(O)C(F)(F)F. The van der Waals surface area contributed by atoms with Crippen LogP contribution < -0.4 is 16.4 Å². The second-order valence-corrected chi connectivity index (χ2v) is 12.1. The van der Waals surface area contributed by atoms with Gasteiger partial charge in [0.25, 0.3) is 0 Å². The summed E-state index contributed by atoms with van der Waals surface area (Å²) in [4.78, 5) is 56.6. The molecule has 1 saturated carbocycles. The lowest BCUT2D eigenvalue weighted by atomic mass is 9.84. The molecule has 3 fully saturated rings. The number of nitrogens with zero attached hydrogens (tertiary/aromatic N) is 3. The fourth-order valence-corrected chi connectivity index (χ4v) is 6.33. The Kier molecular flexibility index (Phi) is 12.8. The molecule has 0 radical (unpaired) electrons. The third-order valence-electron chi connectivity index (χ3n) is 8.86. The molecule has 2 aliphatic heterocycles. The van der Waals surface area contributed by atoms with Crippen LogP contribution in [-0.2, 0) is 30.5 Å². The first kappa shape index (κ1) is 35.9. The van der Waals surface area contributed by atoms with Crippen molar-refractivity contribution in [2.75, 3.05) is 45.1 Å². The lowest BCUT2D eigenvalue weighted by Gasteiger charge is -2.32. The van der Waals surface area contributed by atoms with Crippen LogP contribution in [0, 0.1) is 5.92 Å². The second kappa shape index (κ2) is 16.7. The van der Waals surface area contributed by atoms with E-state index in [1.165, 1.54) is 19.3 Å². The van der Waals surface area contributed by atoms with E-state index in [9.17, 15) is 27.6 Å². The second-order valence-electron chi connectivity index (χ2n) is 12.1. The minimum Gasteiger partial charge on any atom is -0.475 e. The van der Waals surface area contributed by atoms with Gasteiger partial charge in [-0.15, -0.1) is 0 Å². The average molecular weight is 665 g/mol. The summed E-state index contributed by atoms with van der Waals surface area (Å²) >= 11 is 0. The molecule has 15 heteroatoms. The van der Waals surface area contributed by atoms with Crippen molar-refractivity contribution in [3.05, 3.63) is 36.0 Å². The molecule has 2 saturated heterocycles. The van der Waals surface area contributed by atoms with Crippen LogP contribution in [0.25, 0.3) is 10.8 Å². The lowest BCUT2D eigenvalue weighted by Crippen LogP contribution is -2.54. The smallest absolute Gasteiger partial charge is 0.475 e. The number of alkyl halides is 3.